The molecule has 7 heteroatoms. The Hall–Kier alpha value is -0.590. The van der Waals surface area contributed by atoms with Crippen molar-refractivity contribution in [3.05, 3.63) is 40.4 Å². The highest BCUT2D eigenvalue weighted by Crippen LogP contribution is 2.22. The molecule has 112 valence electrons. The van der Waals surface area contributed by atoms with Gasteiger partial charge in [-0.1, -0.05) is 29.3 Å². The van der Waals surface area contributed by atoms with Gasteiger partial charge < -0.3 is 5.32 Å². The van der Waals surface area contributed by atoms with Crippen molar-refractivity contribution in [2.24, 2.45) is 0 Å². The molecular weight excluding hydrogens is 319 g/mol. The van der Waals surface area contributed by atoms with Crippen LogP contribution in [0.2, 0.25) is 5.02 Å². The summed E-state index contributed by atoms with van der Waals surface area (Å²) >= 11 is 5.99. The maximum atomic E-state index is 12.2. The highest BCUT2D eigenvalue weighted by molar-refractivity contribution is 7.89. The predicted molar refractivity (Wildman–Crippen MR) is 84.2 cm³/mol. The average molecular weight is 337 g/mol. The first-order valence-corrected chi connectivity index (χ1v) is 7.99. The van der Waals surface area contributed by atoms with E-state index in [9.17, 15) is 8.42 Å². The maximum absolute atomic E-state index is 12.2. The van der Waals surface area contributed by atoms with Crippen molar-refractivity contribution < 1.29 is 8.42 Å². The largest absolute Gasteiger partial charge is 0.313 e. The average Bonchev–Trinajstić information content (AvgIpc) is 2.37. The van der Waals surface area contributed by atoms with Gasteiger partial charge in [0.1, 0.15) is 4.90 Å². The molecule has 1 aliphatic heterocycles. The Morgan fingerprint density at radius 2 is 2.15 bits per heavy atom. The first-order valence-electron chi connectivity index (χ1n) is 6.13. The lowest BCUT2D eigenvalue weighted by molar-refractivity contribution is 0.582. The van der Waals surface area contributed by atoms with Crippen LogP contribution in [0.5, 0.6) is 0 Å². The fourth-order valence-electron chi connectivity index (χ4n) is 1.92. The van der Waals surface area contributed by atoms with Gasteiger partial charge in [-0.2, -0.15) is 0 Å². The van der Waals surface area contributed by atoms with Gasteiger partial charge >= 0.3 is 0 Å². The summed E-state index contributed by atoms with van der Waals surface area (Å²) in [5, 5.41) is 3.44. The Balaban J connectivity index is 0.00000200. The molecule has 0 amide bonds. The van der Waals surface area contributed by atoms with Crippen molar-refractivity contribution in [3.8, 4) is 0 Å². The number of halogens is 2. The van der Waals surface area contributed by atoms with E-state index in [1.54, 1.807) is 12.1 Å². The summed E-state index contributed by atoms with van der Waals surface area (Å²) in [5.74, 6) is 0. The summed E-state index contributed by atoms with van der Waals surface area (Å²) in [5.41, 5.74) is 2.04. The number of benzene rings is 1. The normalized spacial score (nSPS) is 15.4. The van der Waals surface area contributed by atoms with E-state index < -0.39 is 10.0 Å². The molecule has 20 heavy (non-hydrogen) atoms. The molecule has 0 aromatic heterocycles. The van der Waals surface area contributed by atoms with Gasteiger partial charge in [-0.05, 0) is 37.6 Å². The molecular formula is C13H18Cl2N2O2S. The molecule has 2 N–H and O–H groups in total. The molecule has 1 aromatic rings. The third-order valence-electron chi connectivity index (χ3n) is 3.02. The van der Waals surface area contributed by atoms with E-state index in [-0.39, 0.29) is 22.3 Å². The second kappa shape index (κ2) is 7.43. The summed E-state index contributed by atoms with van der Waals surface area (Å²) in [6.07, 6.45) is 2.88. The summed E-state index contributed by atoms with van der Waals surface area (Å²) in [6, 6.07) is 4.93. The minimum absolute atomic E-state index is 0. The van der Waals surface area contributed by atoms with E-state index in [1.165, 1.54) is 6.07 Å². The molecule has 1 aromatic carbocycles. The second-order valence-corrected chi connectivity index (χ2v) is 6.72. The van der Waals surface area contributed by atoms with E-state index >= 15 is 0 Å². The quantitative estimate of drug-likeness (QED) is 0.829. The first-order chi connectivity index (χ1) is 8.99. The van der Waals surface area contributed by atoms with Gasteiger partial charge in [-0.3, -0.25) is 0 Å². The first kappa shape index (κ1) is 17.5. The molecule has 1 aliphatic rings. The van der Waals surface area contributed by atoms with Crippen molar-refractivity contribution in [2.75, 3.05) is 19.6 Å². The highest BCUT2D eigenvalue weighted by Gasteiger charge is 2.18. The van der Waals surface area contributed by atoms with E-state index in [0.29, 0.717) is 6.54 Å². The highest BCUT2D eigenvalue weighted by atomic mass is 35.5. The van der Waals surface area contributed by atoms with Gasteiger partial charge in [0.05, 0.1) is 5.02 Å². The number of sulfonamides is 1. The zero-order valence-electron chi connectivity index (χ0n) is 11.1. The van der Waals surface area contributed by atoms with Crippen molar-refractivity contribution in [1.29, 1.82) is 0 Å². The van der Waals surface area contributed by atoms with E-state index in [2.05, 4.69) is 10.0 Å². The van der Waals surface area contributed by atoms with Crippen LogP contribution >= 0.6 is 24.0 Å². The van der Waals surface area contributed by atoms with Crippen LogP contribution in [0.15, 0.2) is 34.7 Å². The third kappa shape index (κ3) is 4.46. The SMILES string of the molecule is Cc1ccc(S(=O)(=O)NCC2=CCNCC2)c(Cl)c1.Cl. The molecule has 0 aliphatic carbocycles. The lowest BCUT2D eigenvalue weighted by atomic mass is 10.1. The van der Waals surface area contributed by atoms with Crippen LogP contribution in [0.1, 0.15) is 12.0 Å². The van der Waals surface area contributed by atoms with Gasteiger partial charge in [0, 0.05) is 13.1 Å². The molecule has 0 fully saturated rings. The lowest BCUT2D eigenvalue weighted by Crippen LogP contribution is -2.29. The van der Waals surface area contributed by atoms with Crippen LogP contribution in [0.25, 0.3) is 0 Å². The molecule has 4 nitrogen and oxygen atoms in total. The van der Waals surface area contributed by atoms with Crippen LogP contribution in [0.4, 0.5) is 0 Å². The Labute approximate surface area is 131 Å². The smallest absolute Gasteiger partial charge is 0.242 e. The molecule has 0 saturated carbocycles. The van der Waals surface area contributed by atoms with Gasteiger partial charge in [-0.25, -0.2) is 13.1 Å². The van der Waals surface area contributed by atoms with Crippen molar-refractivity contribution >= 4 is 34.0 Å². The van der Waals surface area contributed by atoms with Crippen LogP contribution in [0, 0.1) is 6.92 Å². The molecule has 2 rings (SSSR count). The Kier molecular flexibility index (Phi) is 6.48. The lowest BCUT2D eigenvalue weighted by Gasteiger charge is -2.15. The van der Waals surface area contributed by atoms with Crippen LogP contribution < -0.4 is 10.0 Å². The van der Waals surface area contributed by atoms with E-state index in [1.807, 2.05) is 13.0 Å². The standard InChI is InChI=1S/C13H17ClN2O2S.ClH/c1-10-2-3-13(12(14)8-10)19(17,18)16-9-11-4-6-15-7-5-11;/h2-4,8,15-16H,5-7,9H2,1H3;1H. The number of aryl methyl sites for hydroxylation is 1. The number of nitrogens with one attached hydrogen (secondary N) is 2. The zero-order chi connectivity index (χ0) is 13.9. The molecule has 0 radical (unpaired) electrons. The Bertz CT molecular complexity index is 600. The van der Waals surface area contributed by atoms with Crippen molar-refractivity contribution in [2.45, 2.75) is 18.2 Å². The summed E-state index contributed by atoms with van der Waals surface area (Å²) in [6.45, 7) is 3.89. The predicted octanol–water partition coefficient (Wildman–Crippen LogP) is 2.27. The molecule has 0 atom stereocenters. The number of rotatable bonds is 4. The number of hydrogen-bond donors (Lipinski definition) is 2. The maximum Gasteiger partial charge on any atom is 0.242 e. The van der Waals surface area contributed by atoms with Crippen molar-refractivity contribution in [3.63, 3.8) is 0 Å². The minimum atomic E-state index is -3.55. The summed E-state index contributed by atoms with van der Waals surface area (Å²) in [7, 11) is -3.55. The molecule has 0 unspecified atom stereocenters. The Morgan fingerprint density at radius 1 is 1.40 bits per heavy atom. The van der Waals surface area contributed by atoms with E-state index in [0.717, 1.165) is 30.6 Å². The minimum Gasteiger partial charge on any atom is -0.313 e. The molecule has 1 heterocycles. The zero-order valence-corrected chi connectivity index (χ0v) is 13.5. The summed E-state index contributed by atoms with van der Waals surface area (Å²) in [4.78, 5) is 0.134. The van der Waals surface area contributed by atoms with Gasteiger partial charge in [-0.15, -0.1) is 12.4 Å². The molecule has 0 saturated heterocycles. The molecule has 0 spiro atoms. The Morgan fingerprint density at radius 3 is 2.75 bits per heavy atom. The third-order valence-corrected chi connectivity index (χ3v) is 4.91. The number of hydrogen-bond acceptors (Lipinski definition) is 3. The van der Waals surface area contributed by atoms with Gasteiger partial charge in [0.25, 0.3) is 0 Å². The van der Waals surface area contributed by atoms with Crippen molar-refractivity contribution in [1.82, 2.24) is 10.0 Å². The molecule has 0 bridgehead atoms. The summed E-state index contributed by atoms with van der Waals surface area (Å²) < 4.78 is 26.9. The monoisotopic (exact) mass is 336 g/mol. The van der Waals surface area contributed by atoms with Crippen LogP contribution in [-0.2, 0) is 10.0 Å². The van der Waals surface area contributed by atoms with Gasteiger partial charge in [0.15, 0.2) is 0 Å². The topological polar surface area (TPSA) is 58.2 Å². The fraction of sp³-hybridized carbons (Fsp3) is 0.385. The van der Waals surface area contributed by atoms with Crippen LogP contribution in [0.3, 0.4) is 0 Å². The van der Waals surface area contributed by atoms with Crippen LogP contribution in [-0.4, -0.2) is 28.1 Å². The second-order valence-electron chi connectivity index (χ2n) is 4.57. The van der Waals surface area contributed by atoms with E-state index in [4.69, 9.17) is 11.6 Å². The van der Waals surface area contributed by atoms with Gasteiger partial charge in [0.2, 0.25) is 10.0 Å². The fourth-order valence-corrected chi connectivity index (χ4v) is 3.55.